The summed E-state index contributed by atoms with van der Waals surface area (Å²) in [4.78, 5) is 24.5. The first-order valence-corrected chi connectivity index (χ1v) is 8.98. The van der Waals surface area contributed by atoms with Crippen molar-refractivity contribution in [2.45, 2.75) is 27.3 Å². The van der Waals surface area contributed by atoms with Crippen LogP contribution in [0.25, 0.3) is 0 Å². The van der Waals surface area contributed by atoms with Gasteiger partial charge >= 0.3 is 5.97 Å². The van der Waals surface area contributed by atoms with E-state index in [1.165, 1.54) is 10.9 Å². The van der Waals surface area contributed by atoms with Crippen LogP contribution in [0.3, 0.4) is 0 Å². The normalized spacial score (nSPS) is 10.9. The third-order valence-electron chi connectivity index (χ3n) is 4.15. The Balaban J connectivity index is 1.76. The fourth-order valence-electron chi connectivity index (χ4n) is 2.67. The molecule has 3 rings (SSSR count). The summed E-state index contributed by atoms with van der Waals surface area (Å²) in [6, 6.07) is 3.24. The highest BCUT2D eigenvalue weighted by Gasteiger charge is 2.21. The number of hydrogen-bond acceptors (Lipinski definition) is 6. The van der Waals surface area contributed by atoms with Crippen LogP contribution in [0, 0.1) is 13.8 Å². The number of hydrogen-bond donors (Lipinski definition) is 1. The highest BCUT2D eigenvalue weighted by Crippen LogP contribution is 2.21. The van der Waals surface area contributed by atoms with Crippen LogP contribution in [0.5, 0.6) is 0 Å². The van der Waals surface area contributed by atoms with Crippen LogP contribution in [0.1, 0.15) is 45.0 Å². The van der Waals surface area contributed by atoms with Crippen molar-refractivity contribution in [3.63, 3.8) is 0 Å². The highest BCUT2D eigenvalue weighted by molar-refractivity contribution is 6.31. The molecule has 0 atom stereocenters. The molecule has 0 saturated heterocycles. The van der Waals surface area contributed by atoms with Crippen molar-refractivity contribution in [1.29, 1.82) is 0 Å². The van der Waals surface area contributed by atoms with Gasteiger partial charge in [-0.15, -0.1) is 0 Å². The molecule has 0 fully saturated rings. The number of halogens is 1. The van der Waals surface area contributed by atoms with Gasteiger partial charge in [-0.05, 0) is 32.9 Å². The third-order valence-corrected chi connectivity index (χ3v) is 4.70. The number of anilines is 1. The van der Waals surface area contributed by atoms with E-state index < -0.39 is 11.9 Å². The summed E-state index contributed by atoms with van der Waals surface area (Å²) in [5, 5.41) is 11.6. The van der Waals surface area contributed by atoms with Gasteiger partial charge in [0.2, 0.25) is 0 Å². The molecule has 0 aliphatic rings. The van der Waals surface area contributed by atoms with Gasteiger partial charge in [0.05, 0.1) is 35.8 Å². The molecule has 28 heavy (non-hydrogen) atoms. The number of rotatable bonds is 6. The molecule has 0 aliphatic heterocycles. The predicted octanol–water partition coefficient (Wildman–Crippen LogP) is 2.96. The summed E-state index contributed by atoms with van der Waals surface area (Å²) >= 11 is 6.15. The highest BCUT2D eigenvalue weighted by atomic mass is 35.5. The van der Waals surface area contributed by atoms with E-state index in [0.29, 0.717) is 17.3 Å². The number of carbonyl (C=O) groups excluding carboxylic acids is 2. The van der Waals surface area contributed by atoms with Crippen molar-refractivity contribution in [1.82, 2.24) is 19.6 Å². The number of ether oxygens (including phenoxy) is 1. The molecule has 0 saturated carbocycles. The summed E-state index contributed by atoms with van der Waals surface area (Å²) in [5.74, 6) is -0.201. The maximum absolute atomic E-state index is 12.5. The molecule has 0 aliphatic carbocycles. The Bertz CT molecular complexity index is 1030. The predicted molar refractivity (Wildman–Crippen MR) is 102 cm³/mol. The summed E-state index contributed by atoms with van der Waals surface area (Å²) < 4.78 is 13.7. The fraction of sp³-hybridized carbons (Fsp3) is 0.333. The van der Waals surface area contributed by atoms with Gasteiger partial charge in [0.1, 0.15) is 17.1 Å². The van der Waals surface area contributed by atoms with Crippen LogP contribution in [0.4, 0.5) is 5.82 Å². The van der Waals surface area contributed by atoms with Crippen molar-refractivity contribution in [3.8, 4) is 0 Å². The number of furan rings is 1. The first kappa shape index (κ1) is 19.7. The average Bonchev–Trinajstić information content (AvgIpc) is 3.32. The molecule has 3 aromatic heterocycles. The van der Waals surface area contributed by atoms with E-state index >= 15 is 0 Å². The van der Waals surface area contributed by atoms with Gasteiger partial charge in [0, 0.05) is 7.05 Å². The minimum atomic E-state index is -0.563. The second kappa shape index (κ2) is 7.89. The minimum Gasteiger partial charge on any atom is -0.462 e. The molecule has 0 aromatic carbocycles. The number of carbonyl (C=O) groups is 2. The van der Waals surface area contributed by atoms with E-state index in [-0.39, 0.29) is 23.7 Å². The third kappa shape index (κ3) is 3.79. The van der Waals surface area contributed by atoms with E-state index in [1.807, 2.05) is 13.8 Å². The van der Waals surface area contributed by atoms with Crippen molar-refractivity contribution in [2.24, 2.45) is 7.05 Å². The summed E-state index contributed by atoms with van der Waals surface area (Å²) in [7, 11) is 1.61. The minimum absolute atomic E-state index is 0.0960. The van der Waals surface area contributed by atoms with E-state index in [2.05, 4.69) is 15.5 Å². The van der Waals surface area contributed by atoms with E-state index in [0.717, 1.165) is 11.4 Å². The van der Waals surface area contributed by atoms with Crippen LogP contribution in [-0.4, -0.2) is 38.0 Å². The molecule has 3 aromatic rings. The maximum Gasteiger partial charge on any atom is 0.343 e. The summed E-state index contributed by atoms with van der Waals surface area (Å²) in [6.07, 6.45) is 1.34. The Kier molecular flexibility index (Phi) is 5.55. The lowest BCUT2D eigenvalue weighted by molar-refractivity contribution is 0.0527. The first-order chi connectivity index (χ1) is 13.3. The molecule has 0 unspecified atom stereocenters. The molecular formula is C18H20ClN5O4. The first-order valence-electron chi connectivity index (χ1n) is 8.60. The van der Waals surface area contributed by atoms with Crippen LogP contribution in [0.2, 0.25) is 5.02 Å². The number of esters is 1. The Morgan fingerprint density at radius 1 is 1.32 bits per heavy atom. The second-order valence-corrected chi connectivity index (χ2v) is 6.49. The summed E-state index contributed by atoms with van der Waals surface area (Å²) in [5.41, 5.74) is 1.71. The van der Waals surface area contributed by atoms with E-state index in [4.69, 9.17) is 20.8 Å². The van der Waals surface area contributed by atoms with Gasteiger partial charge in [-0.1, -0.05) is 11.6 Å². The molecular weight excluding hydrogens is 386 g/mol. The van der Waals surface area contributed by atoms with E-state index in [9.17, 15) is 9.59 Å². The lowest BCUT2D eigenvalue weighted by Crippen LogP contribution is -2.17. The van der Waals surface area contributed by atoms with Crippen LogP contribution in [0.15, 0.2) is 22.7 Å². The molecule has 0 bridgehead atoms. The molecule has 10 heteroatoms. The molecule has 1 amide bonds. The van der Waals surface area contributed by atoms with Crippen LogP contribution in [-0.2, 0) is 18.3 Å². The Hall–Kier alpha value is -3.07. The van der Waals surface area contributed by atoms with Crippen molar-refractivity contribution in [2.75, 3.05) is 11.9 Å². The zero-order valence-corrected chi connectivity index (χ0v) is 16.7. The molecule has 9 nitrogen and oxygen atoms in total. The van der Waals surface area contributed by atoms with Gasteiger partial charge in [0.25, 0.3) is 5.91 Å². The van der Waals surface area contributed by atoms with E-state index in [1.54, 1.807) is 30.8 Å². The van der Waals surface area contributed by atoms with Crippen LogP contribution < -0.4 is 5.32 Å². The molecule has 3 heterocycles. The number of nitrogens with one attached hydrogen (secondary N) is 1. The van der Waals surface area contributed by atoms with Gasteiger partial charge in [-0.2, -0.15) is 10.2 Å². The van der Waals surface area contributed by atoms with Crippen LogP contribution >= 0.6 is 11.6 Å². The van der Waals surface area contributed by atoms with Gasteiger partial charge < -0.3 is 14.5 Å². The molecule has 0 radical (unpaired) electrons. The molecule has 148 valence electrons. The Morgan fingerprint density at radius 2 is 2.07 bits per heavy atom. The topological polar surface area (TPSA) is 104 Å². The van der Waals surface area contributed by atoms with Crippen molar-refractivity contribution >= 4 is 29.3 Å². The monoisotopic (exact) mass is 405 g/mol. The number of nitrogens with zero attached hydrogens (tertiary/aromatic N) is 4. The zero-order chi connectivity index (χ0) is 20.4. The number of aromatic nitrogens is 4. The average molecular weight is 406 g/mol. The number of amides is 1. The maximum atomic E-state index is 12.5. The fourth-order valence-corrected chi connectivity index (χ4v) is 2.81. The molecule has 0 spiro atoms. The smallest absolute Gasteiger partial charge is 0.343 e. The van der Waals surface area contributed by atoms with Gasteiger partial charge in [-0.3, -0.25) is 14.2 Å². The lowest BCUT2D eigenvalue weighted by atomic mass is 10.3. The van der Waals surface area contributed by atoms with Gasteiger partial charge in [-0.25, -0.2) is 4.79 Å². The summed E-state index contributed by atoms with van der Waals surface area (Å²) in [6.45, 7) is 5.94. The number of aryl methyl sites for hydroxylation is 2. The quantitative estimate of drug-likeness (QED) is 0.632. The molecule has 1 N–H and O–H groups in total. The SMILES string of the molecule is CCOC(=O)c1cnn(C)c1NC(=O)c1ccc(Cn2nc(C)c(Cl)c2C)o1. The standard InChI is InChI=1S/C18H20ClN5O4/c1-5-27-18(26)13-8-20-23(4)16(13)21-17(25)14-7-6-12(28-14)9-24-11(3)15(19)10(2)22-24/h6-8H,5,9H2,1-4H3,(H,21,25). The second-order valence-electron chi connectivity index (χ2n) is 6.11. The zero-order valence-electron chi connectivity index (χ0n) is 15.9. The Labute approximate surface area is 166 Å². The lowest BCUT2D eigenvalue weighted by Gasteiger charge is -2.07. The van der Waals surface area contributed by atoms with Crippen molar-refractivity contribution in [3.05, 3.63) is 51.8 Å². The Morgan fingerprint density at radius 3 is 2.71 bits per heavy atom. The van der Waals surface area contributed by atoms with Gasteiger partial charge in [0.15, 0.2) is 5.76 Å². The largest absolute Gasteiger partial charge is 0.462 e. The van der Waals surface area contributed by atoms with Crippen molar-refractivity contribution < 1.29 is 18.7 Å².